The molecule has 5 heteroatoms. The van der Waals surface area contributed by atoms with Crippen LogP contribution in [0.1, 0.15) is 49.5 Å². The number of nitrogens with one attached hydrogen (secondary N) is 1. The third-order valence-corrected chi connectivity index (χ3v) is 5.70. The number of hydrogen-bond donors (Lipinski definition) is 1. The summed E-state index contributed by atoms with van der Waals surface area (Å²) in [5.74, 6) is 0.930. The molecule has 1 fully saturated rings. The third kappa shape index (κ3) is 3.82. The highest BCUT2D eigenvalue weighted by Gasteiger charge is 2.23. The Morgan fingerprint density at radius 3 is 2.76 bits per heavy atom. The summed E-state index contributed by atoms with van der Waals surface area (Å²) in [6.07, 6.45) is 4.22. The number of rotatable bonds is 4. The van der Waals surface area contributed by atoms with Gasteiger partial charge in [0.15, 0.2) is 5.82 Å². The van der Waals surface area contributed by atoms with Gasteiger partial charge < -0.3 is 10.2 Å². The van der Waals surface area contributed by atoms with Gasteiger partial charge in [-0.15, -0.1) is 5.10 Å². The van der Waals surface area contributed by atoms with Crippen molar-refractivity contribution in [1.29, 1.82) is 0 Å². The molecule has 1 aliphatic heterocycles. The molecule has 2 aromatic carbocycles. The standard InChI is InChI=1S/C24H28N4O/c1-15(2)26-24(29)19-8-7-16(3)22(13-19)18-9-10-21-20(12-18)14-25-27-23(21)28-11-5-6-17(28)4/h7-10,12-15,17H,5-6,11H2,1-4H3,(H,26,29)/t17-/m0/s1. The fourth-order valence-electron chi connectivity index (χ4n) is 4.12. The molecule has 1 saturated heterocycles. The molecule has 0 spiro atoms. The first-order valence-electron chi connectivity index (χ1n) is 10.4. The fourth-order valence-corrected chi connectivity index (χ4v) is 4.12. The lowest BCUT2D eigenvalue weighted by molar-refractivity contribution is 0.0943. The van der Waals surface area contributed by atoms with Crippen molar-refractivity contribution in [2.75, 3.05) is 11.4 Å². The van der Waals surface area contributed by atoms with Crippen LogP contribution in [-0.2, 0) is 0 Å². The predicted molar refractivity (Wildman–Crippen MR) is 118 cm³/mol. The van der Waals surface area contributed by atoms with Crippen molar-refractivity contribution in [3.05, 3.63) is 53.7 Å². The lowest BCUT2D eigenvalue weighted by Gasteiger charge is -2.23. The van der Waals surface area contributed by atoms with Gasteiger partial charge in [0, 0.05) is 35.0 Å². The van der Waals surface area contributed by atoms with Gasteiger partial charge in [0.25, 0.3) is 5.91 Å². The van der Waals surface area contributed by atoms with Gasteiger partial charge >= 0.3 is 0 Å². The molecule has 1 amide bonds. The van der Waals surface area contributed by atoms with E-state index in [4.69, 9.17) is 0 Å². The molecule has 29 heavy (non-hydrogen) atoms. The molecule has 1 atom stereocenters. The van der Waals surface area contributed by atoms with E-state index in [0.717, 1.165) is 39.8 Å². The average molecular weight is 389 g/mol. The van der Waals surface area contributed by atoms with Gasteiger partial charge in [0.05, 0.1) is 6.20 Å². The number of aromatic nitrogens is 2. The van der Waals surface area contributed by atoms with Gasteiger partial charge in [-0.05, 0) is 81.5 Å². The van der Waals surface area contributed by atoms with Crippen LogP contribution in [-0.4, -0.2) is 34.7 Å². The molecule has 0 unspecified atom stereocenters. The molecule has 150 valence electrons. The van der Waals surface area contributed by atoms with Crippen LogP contribution >= 0.6 is 0 Å². The Hall–Kier alpha value is -2.95. The maximum absolute atomic E-state index is 12.4. The Morgan fingerprint density at radius 2 is 2.03 bits per heavy atom. The molecule has 1 aromatic heterocycles. The molecule has 0 saturated carbocycles. The van der Waals surface area contributed by atoms with E-state index in [1.807, 2.05) is 38.2 Å². The number of benzene rings is 2. The number of aryl methyl sites for hydroxylation is 1. The van der Waals surface area contributed by atoms with Gasteiger partial charge in [-0.1, -0.05) is 12.1 Å². The van der Waals surface area contributed by atoms with Gasteiger partial charge in [-0.25, -0.2) is 0 Å². The fraction of sp³-hybridized carbons (Fsp3) is 0.375. The molecule has 0 aliphatic carbocycles. The van der Waals surface area contributed by atoms with Crippen molar-refractivity contribution < 1.29 is 4.79 Å². The van der Waals surface area contributed by atoms with Gasteiger partial charge in [0.1, 0.15) is 0 Å². The van der Waals surface area contributed by atoms with Crippen molar-refractivity contribution in [2.24, 2.45) is 0 Å². The second-order valence-corrected chi connectivity index (χ2v) is 8.31. The van der Waals surface area contributed by atoms with Crippen LogP contribution in [0.25, 0.3) is 21.9 Å². The van der Waals surface area contributed by atoms with Crippen LogP contribution in [0.3, 0.4) is 0 Å². The lowest BCUT2D eigenvalue weighted by atomic mass is 9.96. The van der Waals surface area contributed by atoms with Crippen molar-refractivity contribution in [1.82, 2.24) is 15.5 Å². The minimum Gasteiger partial charge on any atom is -0.352 e. The predicted octanol–water partition coefficient (Wildman–Crippen LogP) is 4.73. The van der Waals surface area contributed by atoms with Crippen LogP contribution in [0.2, 0.25) is 0 Å². The number of anilines is 1. The summed E-state index contributed by atoms with van der Waals surface area (Å²) in [5, 5.41) is 13.9. The minimum atomic E-state index is -0.0433. The summed E-state index contributed by atoms with van der Waals surface area (Å²) in [6.45, 7) is 9.29. The van der Waals surface area contributed by atoms with Crippen molar-refractivity contribution in [2.45, 2.75) is 52.6 Å². The Labute approximate surface area is 172 Å². The van der Waals surface area contributed by atoms with Crippen molar-refractivity contribution in [3.8, 4) is 11.1 Å². The quantitative estimate of drug-likeness (QED) is 0.702. The first-order valence-corrected chi connectivity index (χ1v) is 10.4. The molecular weight excluding hydrogens is 360 g/mol. The Bertz CT molecular complexity index is 1060. The highest BCUT2D eigenvalue weighted by Crippen LogP contribution is 2.33. The average Bonchev–Trinajstić information content (AvgIpc) is 3.12. The van der Waals surface area contributed by atoms with E-state index in [2.05, 4.69) is 52.5 Å². The summed E-state index contributed by atoms with van der Waals surface area (Å²) < 4.78 is 0. The topological polar surface area (TPSA) is 58.1 Å². The maximum atomic E-state index is 12.4. The molecule has 1 aliphatic rings. The number of amides is 1. The number of hydrogen-bond acceptors (Lipinski definition) is 4. The van der Waals surface area contributed by atoms with Crippen LogP contribution in [0.15, 0.2) is 42.6 Å². The van der Waals surface area contributed by atoms with Crippen LogP contribution in [0.4, 0.5) is 5.82 Å². The van der Waals surface area contributed by atoms with E-state index in [1.165, 1.54) is 12.8 Å². The number of carbonyl (C=O) groups is 1. The molecular formula is C24H28N4O. The van der Waals surface area contributed by atoms with E-state index in [1.54, 1.807) is 0 Å². The Morgan fingerprint density at radius 1 is 1.21 bits per heavy atom. The zero-order valence-corrected chi connectivity index (χ0v) is 17.6. The summed E-state index contributed by atoms with van der Waals surface area (Å²) in [7, 11) is 0. The van der Waals surface area contributed by atoms with Gasteiger partial charge in [0.2, 0.25) is 0 Å². The molecule has 4 rings (SSSR count). The highest BCUT2D eigenvalue weighted by atomic mass is 16.1. The van der Waals surface area contributed by atoms with E-state index < -0.39 is 0 Å². The molecule has 5 nitrogen and oxygen atoms in total. The summed E-state index contributed by atoms with van der Waals surface area (Å²) in [4.78, 5) is 14.8. The van der Waals surface area contributed by atoms with E-state index in [0.29, 0.717) is 11.6 Å². The smallest absolute Gasteiger partial charge is 0.251 e. The van der Waals surface area contributed by atoms with Crippen molar-refractivity contribution in [3.63, 3.8) is 0 Å². The third-order valence-electron chi connectivity index (χ3n) is 5.70. The van der Waals surface area contributed by atoms with Crippen LogP contribution in [0.5, 0.6) is 0 Å². The summed E-state index contributed by atoms with van der Waals surface area (Å²) in [6, 6.07) is 12.9. The molecule has 3 aromatic rings. The maximum Gasteiger partial charge on any atom is 0.251 e. The number of nitrogens with zero attached hydrogens (tertiary/aromatic N) is 3. The monoisotopic (exact) mass is 388 g/mol. The molecule has 1 N–H and O–H groups in total. The van der Waals surface area contributed by atoms with Gasteiger partial charge in [-0.2, -0.15) is 5.10 Å². The largest absolute Gasteiger partial charge is 0.352 e. The lowest BCUT2D eigenvalue weighted by Crippen LogP contribution is -2.30. The van der Waals surface area contributed by atoms with E-state index >= 15 is 0 Å². The molecule has 2 heterocycles. The van der Waals surface area contributed by atoms with Crippen molar-refractivity contribution >= 4 is 22.5 Å². The number of carbonyl (C=O) groups excluding carboxylic acids is 1. The van der Waals surface area contributed by atoms with Crippen LogP contribution < -0.4 is 10.2 Å². The summed E-state index contributed by atoms with van der Waals surface area (Å²) >= 11 is 0. The first kappa shape index (κ1) is 19.4. The second kappa shape index (κ2) is 7.82. The van der Waals surface area contributed by atoms with Crippen LogP contribution in [0, 0.1) is 6.92 Å². The normalized spacial score (nSPS) is 16.6. The highest BCUT2D eigenvalue weighted by molar-refractivity contribution is 5.97. The van der Waals surface area contributed by atoms with E-state index in [9.17, 15) is 4.79 Å². The first-order chi connectivity index (χ1) is 13.9. The van der Waals surface area contributed by atoms with Gasteiger partial charge in [-0.3, -0.25) is 4.79 Å². The Balaban J connectivity index is 1.74. The van der Waals surface area contributed by atoms with E-state index in [-0.39, 0.29) is 11.9 Å². The number of fused-ring (bicyclic) bond motifs is 1. The molecule has 0 bridgehead atoms. The molecule has 0 radical (unpaired) electrons. The zero-order chi connectivity index (χ0) is 20.5. The second-order valence-electron chi connectivity index (χ2n) is 8.31. The summed E-state index contributed by atoms with van der Waals surface area (Å²) in [5.41, 5.74) is 3.97. The zero-order valence-electron chi connectivity index (χ0n) is 17.6. The Kier molecular flexibility index (Phi) is 5.22. The minimum absolute atomic E-state index is 0.0433. The SMILES string of the molecule is Cc1ccc(C(=O)NC(C)C)cc1-c1ccc2c(N3CCC[C@@H]3C)nncc2c1.